The van der Waals surface area contributed by atoms with E-state index in [-0.39, 0.29) is 5.43 Å². The Labute approximate surface area is 104 Å². The molecule has 90 valence electrons. The van der Waals surface area contributed by atoms with Gasteiger partial charge in [0, 0.05) is 6.07 Å². The first kappa shape index (κ1) is 10.8. The van der Waals surface area contributed by atoms with Gasteiger partial charge in [-0.1, -0.05) is 12.1 Å². The van der Waals surface area contributed by atoms with Crippen molar-refractivity contribution in [2.45, 2.75) is 6.92 Å². The maximum Gasteiger partial charge on any atom is 0.200 e. The molecular formula is C15H12O3. The Balaban J connectivity index is 2.52. The molecule has 0 radical (unpaired) electrons. The van der Waals surface area contributed by atoms with E-state index in [1.807, 2.05) is 25.1 Å². The minimum absolute atomic E-state index is 0.00222. The fourth-order valence-electron chi connectivity index (χ4n) is 2.16. The fourth-order valence-corrected chi connectivity index (χ4v) is 2.16. The number of hydrogen-bond acceptors (Lipinski definition) is 3. The molecule has 0 aliphatic carbocycles. The molecule has 0 atom stereocenters. The topological polar surface area (TPSA) is 39.4 Å². The van der Waals surface area contributed by atoms with Crippen molar-refractivity contribution in [2.75, 3.05) is 7.11 Å². The van der Waals surface area contributed by atoms with Crippen LogP contribution in [0.5, 0.6) is 5.75 Å². The second-order valence-corrected chi connectivity index (χ2v) is 4.25. The van der Waals surface area contributed by atoms with Crippen molar-refractivity contribution in [1.29, 1.82) is 0 Å². The van der Waals surface area contributed by atoms with Gasteiger partial charge in [0.15, 0.2) is 0 Å². The van der Waals surface area contributed by atoms with E-state index in [2.05, 4.69) is 0 Å². The molecule has 0 unspecified atom stereocenters. The number of benzene rings is 2. The van der Waals surface area contributed by atoms with Crippen LogP contribution in [0.15, 0.2) is 45.6 Å². The fraction of sp³-hybridized carbons (Fsp3) is 0.133. The minimum Gasteiger partial charge on any atom is -0.496 e. The van der Waals surface area contributed by atoms with Gasteiger partial charge in [-0.2, -0.15) is 0 Å². The molecule has 3 rings (SSSR count). The van der Waals surface area contributed by atoms with Gasteiger partial charge in [-0.15, -0.1) is 0 Å². The van der Waals surface area contributed by atoms with E-state index >= 15 is 0 Å². The quantitative estimate of drug-likeness (QED) is 0.613. The van der Waals surface area contributed by atoms with Gasteiger partial charge < -0.3 is 9.15 Å². The molecule has 0 fully saturated rings. The smallest absolute Gasteiger partial charge is 0.200 e. The lowest BCUT2D eigenvalue weighted by molar-refractivity contribution is 0.411. The zero-order valence-corrected chi connectivity index (χ0v) is 10.2. The van der Waals surface area contributed by atoms with Crippen LogP contribution in [0.2, 0.25) is 0 Å². The predicted molar refractivity (Wildman–Crippen MR) is 71.3 cm³/mol. The lowest BCUT2D eigenvalue weighted by atomic mass is 10.1. The first-order chi connectivity index (χ1) is 8.70. The second kappa shape index (κ2) is 3.88. The van der Waals surface area contributed by atoms with Gasteiger partial charge in [0.25, 0.3) is 0 Å². The Hall–Kier alpha value is -2.29. The molecule has 0 aliphatic heterocycles. The Morgan fingerprint density at radius 2 is 1.83 bits per heavy atom. The van der Waals surface area contributed by atoms with Crippen LogP contribution in [0.1, 0.15) is 5.56 Å². The number of para-hydroxylation sites is 1. The molecule has 3 nitrogen and oxygen atoms in total. The SMILES string of the molecule is COc1cc2oc3ccccc3c(=O)c2cc1C. The number of fused-ring (bicyclic) bond motifs is 2. The van der Waals surface area contributed by atoms with E-state index in [1.165, 1.54) is 0 Å². The maximum atomic E-state index is 12.3. The highest BCUT2D eigenvalue weighted by Crippen LogP contribution is 2.25. The van der Waals surface area contributed by atoms with Crippen LogP contribution in [0.4, 0.5) is 0 Å². The van der Waals surface area contributed by atoms with E-state index in [9.17, 15) is 4.79 Å². The molecule has 0 aliphatic rings. The predicted octanol–water partition coefficient (Wildman–Crippen LogP) is 3.26. The summed E-state index contributed by atoms with van der Waals surface area (Å²) in [6, 6.07) is 10.8. The van der Waals surface area contributed by atoms with Gasteiger partial charge in [-0.05, 0) is 30.7 Å². The lowest BCUT2D eigenvalue weighted by Crippen LogP contribution is -2.02. The number of rotatable bonds is 1. The van der Waals surface area contributed by atoms with Crippen molar-refractivity contribution in [3.8, 4) is 5.75 Å². The van der Waals surface area contributed by atoms with Gasteiger partial charge in [0.1, 0.15) is 16.9 Å². The molecule has 1 aromatic heterocycles. The summed E-state index contributed by atoms with van der Waals surface area (Å²) in [5, 5.41) is 1.20. The highest BCUT2D eigenvalue weighted by Gasteiger charge is 2.09. The Kier molecular flexibility index (Phi) is 2.33. The summed E-state index contributed by atoms with van der Waals surface area (Å²) in [5.74, 6) is 0.723. The monoisotopic (exact) mass is 240 g/mol. The Bertz CT molecular complexity index is 800. The van der Waals surface area contributed by atoms with Crippen LogP contribution in [-0.2, 0) is 0 Å². The van der Waals surface area contributed by atoms with Crippen molar-refractivity contribution >= 4 is 21.9 Å². The zero-order valence-electron chi connectivity index (χ0n) is 10.2. The molecule has 0 saturated heterocycles. The van der Waals surface area contributed by atoms with E-state index in [4.69, 9.17) is 9.15 Å². The summed E-state index contributed by atoms with van der Waals surface area (Å²) in [4.78, 5) is 12.3. The summed E-state index contributed by atoms with van der Waals surface area (Å²) >= 11 is 0. The molecule has 0 N–H and O–H groups in total. The molecule has 0 spiro atoms. The summed E-state index contributed by atoms with van der Waals surface area (Å²) in [5.41, 5.74) is 2.08. The van der Waals surface area contributed by atoms with E-state index < -0.39 is 0 Å². The standard InChI is InChI=1S/C15H12O3/c1-9-7-11-14(8-13(9)17-2)18-12-6-4-3-5-10(12)15(11)16/h3-8H,1-2H3. The maximum absolute atomic E-state index is 12.3. The summed E-state index contributed by atoms with van der Waals surface area (Å²) in [7, 11) is 1.60. The first-order valence-electron chi connectivity index (χ1n) is 5.71. The zero-order chi connectivity index (χ0) is 12.7. The molecule has 3 heteroatoms. The molecule has 0 amide bonds. The molecule has 0 bridgehead atoms. The number of ether oxygens (including phenoxy) is 1. The van der Waals surface area contributed by atoms with Crippen LogP contribution in [0, 0.1) is 6.92 Å². The largest absolute Gasteiger partial charge is 0.496 e. The van der Waals surface area contributed by atoms with Gasteiger partial charge in [-0.3, -0.25) is 4.79 Å². The van der Waals surface area contributed by atoms with E-state index in [0.29, 0.717) is 21.9 Å². The van der Waals surface area contributed by atoms with Gasteiger partial charge in [0.2, 0.25) is 5.43 Å². The summed E-state index contributed by atoms with van der Waals surface area (Å²) in [6.45, 7) is 1.91. The van der Waals surface area contributed by atoms with Crippen LogP contribution in [-0.4, -0.2) is 7.11 Å². The van der Waals surface area contributed by atoms with Crippen molar-refractivity contribution in [2.24, 2.45) is 0 Å². The first-order valence-corrected chi connectivity index (χ1v) is 5.71. The van der Waals surface area contributed by atoms with Gasteiger partial charge >= 0.3 is 0 Å². The lowest BCUT2D eigenvalue weighted by Gasteiger charge is -2.06. The van der Waals surface area contributed by atoms with Crippen molar-refractivity contribution in [1.82, 2.24) is 0 Å². The van der Waals surface area contributed by atoms with Crippen molar-refractivity contribution < 1.29 is 9.15 Å². The van der Waals surface area contributed by atoms with Crippen LogP contribution in [0.25, 0.3) is 21.9 Å². The number of aryl methyl sites for hydroxylation is 1. The third-order valence-corrected chi connectivity index (χ3v) is 3.09. The average molecular weight is 240 g/mol. The van der Waals surface area contributed by atoms with Crippen molar-refractivity contribution in [3.63, 3.8) is 0 Å². The highest BCUT2D eigenvalue weighted by atomic mass is 16.5. The summed E-state index contributed by atoms with van der Waals surface area (Å²) < 4.78 is 11.0. The van der Waals surface area contributed by atoms with Crippen LogP contribution in [0.3, 0.4) is 0 Å². The van der Waals surface area contributed by atoms with Crippen LogP contribution < -0.4 is 10.2 Å². The summed E-state index contributed by atoms with van der Waals surface area (Å²) in [6.07, 6.45) is 0. The minimum atomic E-state index is -0.00222. The van der Waals surface area contributed by atoms with Crippen molar-refractivity contribution in [3.05, 3.63) is 52.2 Å². The number of methoxy groups -OCH3 is 1. The normalized spacial score (nSPS) is 11.0. The highest BCUT2D eigenvalue weighted by molar-refractivity contribution is 5.90. The van der Waals surface area contributed by atoms with Gasteiger partial charge in [-0.25, -0.2) is 0 Å². The average Bonchev–Trinajstić information content (AvgIpc) is 2.39. The molecule has 18 heavy (non-hydrogen) atoms. The molecule has 3 aromatic rings. The van der Waals surface area contributed by atoms with Crippen LogP contribution >= 0.6 is 0 Å². The molecule has 2 aromatic carbocycles. The van der Waals surface area contributed by atoms with E-state index in [0.717, 1.165) is 11.3 Å². The second-order valence-electron chi connectivity index (χ2n) is 4.25. The molecular weight excluding hydrogens is 228 g/mol. The number of hydrogen-bond donors (Lipinski definition) is 0. The molecule has 0 saturated carbocycles. The Morgan fingerprint density at radius 3 is 2.61 bits per heavy atom. The van der Waals surface area contributed by atoms with E-state index in [1.54, 1.807) is 25.3 Å². The molecule has 1 heterocycles. The Morgan fingerprint density at radius 1 is 1.06 bits per heavy atom. The third kappa shape index (κ3) is 1.48. The third-order valence-electron chi connectivity index (χ3n) is 3.09. The van der Waals surface area contributed by atoms with Gasteiger partial charge in [0.05, 0.1) is 17.9 Å².